The average Bonchev–Trinajstić information content (AvgIpc) is 2.83. The molecule has 0 aliphatic carbocycles. The summed E-state index contributed by atoms with van der Waals surface area (Å²) in [7, 11) is -2.41. The smallest absolute Gasteiger partial charge is 0.357 e. The van der Waals surface area contributed by atoms with Gasteiger partial charge in [0.2, 0.25) is 9.84 Å². The van der Waals surface area contributed by atoms with Crippen molar-refractivity contribution < 1.29 is 17.9 Å². The van der Waals surface area contributed by atoms with E-state index in [2.05, 4.69) is 0 Å². The maximum absolute atomic E-state index is 12.3. The first-order chi connectivity index (χ1) is 8.95. The number of carbonyl (C=O) groups is 1. The number of anilines is 1. The van der Waals surface area contributed by atoms with Gasteiger partial charge in [-0.25, -0.2) is 13.2 Å². The van der Waals surface area contributed by atoms with Crippen LogP contribution in [0.5, 0.6) is 0 Å². The average molecular weight is 298 g/mol. The number of nitriles is 1. The van der Waals surface area contributed by atoms with Crippen molar-refractivity contribution in [2.75, 3.05) is 18.6 Å². The van der Waals surface area contributed by atoms with E-state index in [0.717, 1.165) is 0 Å². The Bertz CT molecular complexity index is 709. The van der Waals surface area contributed by atoms with Crippen LogP contribution < -0.4 is 4.90 Å². The lowest BCUT2D eigenvalue weighted by Gasteiger charge is -2.26. The second-order valence-electron chi connectivity index (χ2n) is 3.66. The standard InChI is InChI=1S/C11H10N2O4S2/c1-3-17-11(14)9-8(6-12)19(15,16)7-4-5-18-10(7)13(9)2/h4-5H,3H2,1-2H3. The predicted octanol–water partition coefficient (Wildman–Crippen LogP) is 1.27. The lowest BCUT2D eigenvalue weighted by molar-refractivity contribution is -0.138. The first kappa shape index (κ1) is 13.6. The van der Waals surface area contributed by atoms with Crippen molar-refractivity contribution in [1.82, 2.24) is 0 Å². The Kier molecular flexibility index (Phi) is 3.34. The van der Waals surface area contributed by atoms with E-state index in [1.165, 1.54) is 29.4 Å². The lowest BCUT2D eigenvalue weighted by atomic mass is 10.3. The summed E-state index contributed by atoms with van der Waals surface area (Å²) in [5.74, 6) is -0.816. The third-order valence-corrected chi connectivity index (χ3v) is 5.44. The summed E-state index contributed by atoms with van der Waals surface area (Å²) in [4.78, 5) is 12.7. The molecule has 1 aromatic heterocycles. The second kappa shape index (κ2) is 4.68. The van der Waals surface area contributed by atoms with Crippen LogP contribution in [0.25, 0.3) is 0 Å². The first-order valence-corrected chi connectivity index (χ1v) is 7.69. The number of ether oxygens (including phenoxy) is 1. The molecule has 19 heavy (non-hydrogen) atoms. The third-order valence-electron chi connectivity index (χ3n) is 2.59. The number of esters is 1. The van der Waals surface area contributed by atoms with Gasteiger partial charge in [0, 0.05) is 7.05 Å². The monoisotopic (exact) mass is 298 g/mol. The van der Waals surface area contributed by atoms with Crippen molar-refractivity contribution in [3.05, 3.63) is 22.0 Å². The van der Waals surface area contributed by atoms with Crippen LogP contribution in [0.4, 0.5) is 5.00 Å². The number of hydrogen-bond donors (Lipinski definition) is 0. The van der Waals surface area contributed by atoms with Gasteiger partial charge in [-0.05, 0) is 18.4 Å². The number of thiophene rings is 1. The molecular weight excluding hydrogens is 288 g/mol. The molecule has 1 aliphatic rings. The Morgan fingerprint density at radius 2 is 2.26 bits per heavy atom. The van der Waals surface area contributed by atoms with Gasteiger partial charge in [0.05, 0.1) is 6.61 Å². The zero-order valence-corrected chi connectivity index (χ0v) is 11.8. The van der Waals surface area contributed by atoms with Gasteiger partial charge >= 0.3 is 5.97 Å². The maximum atomic E-state index is 12.3. The highest BCUT2D eigenvalue weighted by Crippen LogP contribution is 2.41. The summed E-state index contributed by atoms with van der Waals surface area (Å²) in [5, 5.41) is 11.1. The van der Waals surface area contributed by atoms with Crippen molar-refractivity contribution in [3.63, 3.8) is 0 Å². The first-order valence-electron chi connectivity index (χ1n) is 5.33. The SMILES string of the molecule is CCOC(=O)C1=C(C#N)S(=O)(=O)c2ccsc2N1C. The molecule has 0 unspecified atom stereocenters. The molecule has 2 rings (SSSR count). The minimum Gasteiger partial charge on any atom is -0.461 e. The summed E-state index contributed by atoms with van der Waals surface area (Å²) >= 11 is 1.18. The summed E-state index contributed by atoms with van der Waals surface area (Å²) < 4.78 is 29.3. The predicted molar refractivity (Wildman–Crippen MR) is 69.2 cm³/mol. The fourth-order valence-electron chi connectivity index (χ4n) is 1.77. The van der Waals surface area contributed by atoms with Crippen LogP contribution in [-0.4, -0.2) is 28.0 Å². The van der Waals surface area contributed by atoms with E-state index in [1.807, 2.05) is 0 Å². The number of fused-ring (bicyclic) bond motifs is 1. The minimum atomic E-state index is -3.95. The Labute approximate surface area is 114 Å². The van der Waals surface area contributed by atoms with E-state index < -0.39 is 20.7 Å². The molecule has 1 aliphatic heterocycles. The molecule has 8 heteroatoms. The highest BCUT2D eigenvalue weighted by molar-refractivity contribution is 7.96. The molecule has 100 valence electrons. The van der Waals surface area contributed by atoms with E-state index in [4.69, 9.17) is 10.00 Å². The van der Waals surface area contributed by atoms with Crippen molar-refractivity contribution in [2.45, 2.75) is 11.8 Å². The van der Waals surface area contributed by atoms with Crippen LogP contribution in [0.3, 0.4) is 0 Å². The zero-order chi connectivity index (χ0) is 14.2. The Morgan fingerprint density at radius 3 is 2.84 bits per heavy atom. The largest absolute Gasteiger partial charge is 0.461 e. The van der Waals surface area contributed by atoms with E-state index >= 15 is 0 Å². The second-order valence-corrected chi connectivity index (χ2v) is 6.41. The van der Waals surface area contributed by atoms with Gasteiger partial charge in [0.1, 0.15) is 16.0 Å². The molecule has 6 nitrogen and oxygen atoms in total. The van der Waals surface area contributed by atoms with Gasteiger partial charge in [0.15, 0.2) is 10.6 Å². The van der Waals surface area contributed by atoms with E-state index in [0.29, 0.717) is 5.00 Å². The molecule has 0 bridgehead atoms. The van der Waals surface area contributed by atoms with Crippen LogP contribution in [0.2, 0.25) is 0 Å². The molecule has 0 amide bonds. The van der Waals surface area contributed by atoms with Gasteiger partial charge in [-0.15, -0.1) is 11.3 Å². The summed E-state index contributed by atoms with van der Waals surface area (Å²) in [6.45, 7) is 1.71. The Hall–Kier alpha value is -1.85. The van der Waals surface area contributed by atoms with Crippen LogP contribution in [-0.2, 0) is 19.4 Å². The number of likely N-dealkylation sites (N-methyl/N-ethyl adjacent to an activating group) is 1. The lowest BCUT2D eigenvalue weighted by Crippen LogP contribution is -2.32. The van der Waals surface area contributed by atoms with Crippen LogP contribution in [0.1, 0.15) is 6.92 Å². The fraction of sp³-hybridized carbons (Fsp3) is 0.273. The molecule has 1 aromatic rings. The van der Waals surface area contributed by atoms with E-state index in [-0.39, 0.29) is 17.2 Å². The number of allylic oxidation sites excluding steroid dienone is 1. The molecule has 0 aromatic carbocycles. The Morgan fingerprint density at radius 1 is 1.58 bits per heavy atom. The van der Waals surface area contributed by atoms with Crippen molar-refractivity contribution >= 4 is 32.1 Å². The quantitative estimate of drug-likeness (QED) is 0.764. The molecule has 0 saturated heterocycles. The van der Waals surface area contributed by atoms with Crippen LogP contribution in [0.15, 0.2) is 26.9 Å². The van der Waals surface area contributed by atoms with Gasteiger partial charge in [-0.3, -0.25) is 0 Å². The number of nitrogens with zero attached hydrogens (tertiary/aromatic N) is 2. The molecule has 0 atom stereocenters. The highest BCUT2D eigenvalue weighted by atomic mass is 32.2. The fourth-order valence-corrected chi connectivity index (χ4v) is 4.53. The molecule has 0 saturated carbocycles. The summed E-state index contributed by atoms with van der Waals surface area (Å²) in [6, 6.07) is 3.02. The highest BCUT2D eigenvalue weighted by Gasteiger charge is 2.39. The molecule has 0 spiro atoms. The summed E-state index contributed by atoms with van der Waals surface area (Å²) in [6.07, 6.45) is 0. The van der Waals surface area contributed by atoms with Crippen LogP contribution >= 0.6 is 11.3 Å². The van der Waals surface area contributed by atoms with Gasteiger partial charge in [-0.2, -0.15) is 5.26 Å². The molecular formula is C11H10N2O4S2. The van der Waals surface area contributed by atoms with Gasteiger partial charge < -0.3 is 9.64 Å². The minimum absolute atomic E-state index is 0.0459. The molecule has 0 radical (unpaired) electrons. The third kappa shape index (κ3) is 1.91. The topological polar surface area (TPSA) is 87.5 Å². The van der Waals surface area contributed by atoms with Crippen LogP contribution in [0, 0.1) is 11.3 Å². The van der Waals surface area contributed by atoms with Crippen molar-refractivity contribution in [3.8, 4) is 6.07 Å². The van der Waals surface area contributed by atoms with E-state index in [9.17, 15) is 13.2 Å². The zero-order valence-electron chi connectivity index (χ0n) is 10.2. The summed E-state index contributed by atoms with van der Waals surface area (Å²) in [5.41, 5.74) is -0.237. The van der Waals surface area contributed by atoms with Crippen molar-refractivity contribution in [2.24, 2.45) is 0 Å². The maximum Gasteiger partial charge on any atom is 0.357 e. The number of carbonyl (C=O) groups excluding carboxylic acids is 1. The van der Waals surface area contributed by atoms with Gasteiger partial charge in [0.25, 0.3) is 0 Å². The molecule has 2 heterocycles. The van der Waals surface area contributed by atoms with Gasteiger partial charge in [-0.1, -0.05) is 0 Å². The normalized spacial score (nSPS) is 16.8. The number of hydrogen-bond acceptors (Lipinski definition) is 7. The number of rotatable bonds is 2. The Balaban J connectivity index is 2.72. The molecule has 0 fully saturated rings. The van der Waals surface area contributed by atoms with E-state index in [1.54, 1.807) is 18.4 Å². The van der Waals surface area contributed by atoms with Crippen molar-refractivity contribution in [1.29, 1.82) is 5.26 Å². The molecule has 0 N–H and O–H groups in total. The number of sulfone groups is 1.